The van der Waals surface area contributed by atoms with Gasteiger partial charge in [0.1, 0.15) is 11.2 Å². The first-order valence-corrected chi connectivity index (χ1v) is 15.1. The number of carbonyl (C=O) groups excluding carboxylic acids is 2. The number of ketones is 1. The van der Waals surface area contributed by atoms with E-state index in [0.717, 1.165) is 18.4 Å². The molecular weight excluding hydrogens is 484 g/mol. The average molecular weight is 533 g/mol. The third-order valence-corrected chi connectivity index (χ3v) is 11.5. The predicted molar refractivity (Wildman–Crippen MR) is 156 cm³/mol. The van der Waals surface area contributed by atoms with E-state index in [9.17, 15) is 9.90 Å². The maximum atomic E-state index is 15.0. The number of esters is 1. The molecule has 11 atom stereocenters. The second-order valence-electron chi connectivity index (χ2n) is 14.1. The van der Waals surface area contributed by atoms with Crippen LogP contribution in [0.25, 0.3) is 0 Å². The summed E-state index contributed by atoms with van der Waals surface area (Å²) in [4.78, 5) is 28.9. The lowest BCUT2D eigenvalue weighted by Gasteiger charge is -2.55. The molecule has 0 amide bonds. The molecule has 4 heteroatoms. The van der Waals surface area contributed by atoms with Crippen LogP contribution in [-0.4, -0.2) is 28.6 Å². The normalized spacial score (nSPS) is 49.1. The molecular formula is C35H48O4. The maximum absolute atomic E-state index is 15.0. The van der Waals surface area contributed by atoms with E-state index in [1.165, 1.54) is 16.7 Å². The summed E-state index contributed by atoms with van der Waals surface area (Å²) in [5.74, 6) is 0.0106. The third-order valence-electron chi connectivity index (χ3n) is 11.5. The van der Waals surface area contributed by atoms with E-state index in [1.54, 1.807) is 0 Å². The van der Waals surface area contributed by atoms with E-state index in [-0.39, 0.29) is 52.8 Å². The summed E-state index contributed by atoms with van der Waals surface area (Å²) in [5, 5.41) is 11.3. The fraction of sp³-hybridized carbons (Fsp3) is 0.657. The minimum absolute atomic E-state index is 0.0254. The van der Waals surface area contributed by atoms with E-state index in [2.05, 4.69) is 85.8 Å². The predicted octanol–water partition coefficient (Wildman–Crippen LogP) is 7.16. The van der Waals surface area contributed by atoms with Crippen LogP contribution in [0.3, 0.4) is 0 Å². The Hall–Kier alpha value is -2.20. The number of carbonyl (C=O) groups is 2. The van der Waals surface area contributed by atoms with Crippen LogP contribution in [0, 0.1) is 52.8 Å². The smallest absolute Gasteiger partial charge is 0.342 e. The van der Waals surface area contributed by atoms with Gasteiger partial charge in [-0.3, -0.25) is 4.79 Å². The van der Waals surface area contributed by atoms with Gasteiger partial charge in [0.05, 0.1) is 6.10 Å². The van der Waals surface area contributed by atoms with E-state index >= 15 is 4.79 Å². The first kappa shape index (κ1) is 28.3. The van der Waals surface area contributed by atoms with Crippen molar-refractivity contribution in [1.82, 2.24) is 0 Å². The first-order chi connectivity index (χ1) is 18.2. The van der Waals surface area contributed by atoms with Crippen molar-refractivity contribution in [3.05, 3.63) is 58.2 Å². The van der Waals surface area contributed by atoms with Gasteiger partial charge in [-0.05, 0) is 75.7 Å². The van der Waals surface area contributed by atoms with Crippen LogP contribution < -0.4 is 0 Å². The van der Waals surface area contributed by atoms with Crippen LogP contribution in [0.4, 0.5) is 0 Å². The minimum atomic E-state index is -0.859. The SMILES string of the molecule is CC1=CC(C)C2/C=C(\C)C(C)C/C=C(\C)C3C=CC4C(O)C(C)CC(C)C4C3(C)C(=O)C3=C(C)C2(C1)OC3=O. The summed E-state index contributed by atoms with van der Waals surface area (Å²) in [6.07, 6.45) is 13.2. The zero-order chi connectivity index (χ0) is 28.6. The highest BCUT2D eigenvalue weighted by Crippen LogP contribution is 2.59. The van der Waals surface area contributed by atoms with E-state index in [4.69, 9.17) is 4.74 Å². The molecule has 0 aromatic carbocycles. The number of fused-ring (bicyclic) bond motifs is 3. The molecule has 1 fully saturated rings. The molecule has 4 nitrogen and oxygen atoms in total. The molecule has 1 spiro atoms. The Bertz CT molecular complexity index is 1230. The van der Waals surface area contributed by atoms with Gasteiger partial charge in [-0.2, -0.15) is 0 Å². The zero-order valence-corrected chi connectivity index (χ0v) is 25.4. The van der Waals surface area contributed by atoms with Crippen LogP contribution in [0.2, 0.25) is 0 Å². The van der Waals surface area contributed by atoms with Crippen molar-refractivity contribution in [1.29, 1.82) is 0 Å². The van der Waals surface area contributed by atoms with Crippen molar-refractivity contribution in [2.75, 3.05) is 0 Å². The van der Waals surface area contributed by atoms with Crippen molar-refractivity contribution >= 4 is 11.8 Å². The summed E-state index contributed by atoms with van der Waals surface area (Å²) in [6.45, 7) is 19.3. The highest BCUT2D eigenvalue weighted by Gasteiger charge is 2.61. The lowest BCUT2D eigenvalue weighted by molar-refractivity contribution is -0.153. The lowest BCUT2D eigenvalue weighted by atomic mass is 9.48. The van der Waals surface area contributed by atoms with Crippen LogP contribution in [0.15, 0.2) is 58.2 Å². The number of Topliss-reactive ketones (excluding diaryl/α,β-unsaturated/α-hetero) is 1. The molecule has 0 aromatic rings. The van der Waals surface area contributed by atoms with Crippen LogP contribution >= 0.6 is 0 Å². The number of rotatable bonds is 0. The molecule has 212 valence electrons. The van der Waals surface area contributed by atoms with Crippen LogP contribution in [-0.2, 0) is 14.3 Å². The third kappa shape index (κ3) is 4.11. The van der Waals surface area contributed by atoms with Gasteiger partial charge >= 0.3 is 5.97 Å². The molecule has 5 rings (SSSR count). The summed E-state index contributed by atoms with van der Waals surface area (Å²) < 4.78 is 6.42. The molecule has 4 aliphatic carbocycles. The number of aliphatic hydroxyl groups is 1. The lowest BCUT2D eigenvalue weighted by Crippen LogP contribution is -2.56. The number of ether oxygens (including phenoxy) is 1. The Morgan fingerprint density at radius 2 is 1.64 bits per heavy atom. The van der Waals surface area contributed by atoms with Gasteiger partial charge in [0.2, 0.25) is 0 Å². The van der Waals surface area contributed by atoms with Gasteiger partial charge in [-0.1, -0.05) is 81.7 Å². The zero-order valence-electron chi connectivity index (χ0n) is 25.4. The number of aliphatic hydroxyl groups excluding tert-OH is 1. The standard InChI is InChI=1S/C35H48O4/c1-18-14-22(5)28-16-21(4)19(2)10-11-20(3)27-13-12-26-30(23(6)15-24(7)31(26)36)34(27,9)32(37)29-25(8)35(28,17-18)39-33(29)38/h11-14,16,19,22-24,26-28,30-31,36H,10,15,17H2,1-9H3/b20-11+,21-16+. The highest BCUT2D eigenvalue weighted by atomic mass is 16.6. The molecule has 0 aromatic heterocycles. The molecule has 2 bridgehead atoms. The van der Waals surface area contributed by atoms with Gasteiger partial charge < -0.3 is 9.84 Å². The second-order valence-corrected chi connectivity index (χ2v) is 14.1. The van der Waals surface area contributed by atoms with Crippen molar-refractivity contribution in [3.63, 3.8) is 0 Å². The van der Waals surface area contributed by atoms with Gasteiger partial charge in [-0.25, -0.2) is 4.79 Å². The summed E-state index contributed by atoms with van der Waals surface area (Å²) >= 11 is 0. The average Bonchev–Trinajstić information content (AvgIpc) is 3.10. The molecule has 0 saturated heterocycles. The Morgan fingerprint density at radius 3 is 2.33 bits per heavy atom. The molecule has 5 aliphatic rings. The van der Waals surface area contributed by atoms with E-state index < -0.39 is 23.1 Å². The number of allylic oxidation sites excluding steroid dienone is 5. The molecule has 39 heavy (non-hydrogen) atoms. The van der Waals surface area contributed by atoms with Crippen molar-refractivity contribution in [2.24, 2.45) is 52.8 Å². The molecule has 11 unspecified atom stereocenters. The maximum Gasteiger partial charge on any atom is 0.342 e. The van der Waals surface area contributed by atoms with Crippen LogP contribution in [0.1, 0.15) is 81.6 Å². The highest BCUT2D eigenvalue weighted by molar-refractivity contribution is 6.22. The van der Waals surface area contributed by atoms with E-state index in [0.29, 0.717) is 12.3 Å². The minimum Gasteiger partial charge on any atom is -0.450 e. The van der Waals surface area contributed by atoms with Gasteiger partial charge in [0, 0.05) is 29.6 Å². The Morgan fingerprint density at radius 1 is 0.949 bits per heavy atom. The Labute approximate surface area is 235 Å². The summed E-state index contributed by atoms with van der Waals surface area (Å²) in [5.41, 5.74) is 3.02. The Balaban J connectivity index is 1.77. The fourth-order valence-corrected chi connectivity index (χ4v) is 9.29. The molecule has 0 radical (unpaired) electrons. The van der Waals surface area contributed by atoms with Crippen molar-refractivity contribution < 1.29 is 19.4 Å². The molecule has 1 saturated carbocycles. The quantitative estimate of drug-likeness (QED) is 0.204. The monoisotopic (exact) mass is 532 g/mol. The second kappa shape index (κ2) is 9.72. The topological polar surface area (TPSA) is 63.6 Å². The van der Waals surface area contributed by atoms with Gasteiger partial charge in [0.25, 0.3) is 0 Å². The van der Waals surface area contributed by atoms with Gasteiger partial charge in [-0.15, -0.1) is 0 Å². The van der Waals surface area contributed by atoms with Crippen molar-refractivity contribution in [3.8, 4) is 0 Å². The largest absolute Gasteiger partial charge is 0.450 e. The molecule has 1 heterocycles. The number of hydrogen-bond acceptors (Lipinski definition) is 4. The summed E-state index contributed by atoms with van der Waals surface area (Å²) in [7, 11) is 0. The molecule has 1 N–H and O–H groups in total. The summed E-state index contributed by atoms with van der Waals surface area (Å²) in [6, 6.07) is 0. The van der Waals surface area contributed by atoms with E-state index in [1.807, 2.05) is 6.92 Å². The Kier molecular flexibility index (Phi) is 7.06. The fourth-order valence-electron chi connectivity index (χ4n) is 9.29. The van der Waals surface area contributed by atoms with Crippen molar-refractivity contribution in [2.45, 2.75) is 93.3 Å². The van der Waals surface area contributed by atoms with Gasteiger partial charge in [0.15, 0.2) is 5.78 Å². The molecule has 1 aliphatic heterocycles. The first-order valence-electron chi connectivity index (χ1n) is 15.1. The van der Waals surface area contributed by atoms with Crippen LogP contribution in [0.5, 0.6) is 0 Å². The number of hydrogen-bond donors (Lipinski definition) is 1.